The van der Waals surface area contributed by atoms with Crippen molar-refractivity contribution in [2.45, 2.75) is 25.9 Å². The Morgan fingerprint density at radius 1 is 1.48 bits per heavy atom. The lowest BCUT2D eigenvalue weighted by molar-refractivity contribution is -0.380. The third-order valence-corrected chi connectivity index (χ3v) is 4.96. The number of nitrogens with one attached hydrogen (secondary N) is 1. The van der Waals surface area contributed by atoms with E-state index in [0.717, 1.165) is 43.1 Å². The molecule has 2 aromatic rings. The molecule has 2 aromatic heterocycles. The van der Waals surface area contributed by atoms with Gasteiger partial charge in [0.15, 0.2) is 5.13 Å². The van der Waals surface area contributed by atoms with Crippen molar-refractivity contribution in [3.05, 3.63) is 46.4 Å². The molecule has 0 radical (unpaired) electrons. The van der Waals surface area contributed by atoms with Crippen LogP contribution >= 0.6 is 11.3 Å². The second kappa shape index (κ2) is 7.01. The minimum Gasteiger partial charge on any atom is -0.358 e. The molecule has 0 aliphatic carbocycles. The van der Waals surface area contributed by atoms with Crippen molar-refractivity contribution in [1.29, 1.82) is 0 Å². The van der Waals surface area contributed by atoms with Crippen LogP contribution in [0.3, 0.4) is 0 Å². The van der Waals surface area contributed by atoms with Gasteiger partial charge in [-0.25, -0.2) is 4.98 Å². The molecule has 0 aromatic carbocycles. The zero-order valence-corrected chi connectivity index (χ0v) is 13.7. The second-order valence-electron chi connectivity index (χ2n) is 5.83. The predicted octanol–water partition coefficient (Wildman–Crippen LogP) is 2.77. The number of thiazole rings is 1. The van der Waals surface area contributed by atoms with Gasteiger partial charge in [0.05, 0.1) is 10.6 Å². The van der Waals surface area contributed by atoms with E-state index in [2.05, 4.69) is 27.1 Å². The zero-order chi connectivity index (χ0) is 16.2. The molecule has 0 saturated carbocycles. The van der Waals surface area contributed by atoms with Crippen molar-refractivity contribution in [3.8, 4) is 0 Å². The monoisotopic (exact) mass is 333 g/mol. The standard InChI is InChI=1S/C15H19N5O2S/c1-11-9-19(10-12-4-2-3-6-16-12)7-5-13(11)18-15-17-8-14(23-15)20(21)22/h2-4,6,8,11,13H,5,7,9-10H2,1H3,(H,17,18). The topological polar surface area (TPSA) is 84.2 Å². The van der Waals surface area contributed by atoms with Gasteiger partial charge >= 0.3 is 5.00 Å². The van der Waals surface area contributed by atoms with Crippen molar-refractivity contribution in [2.24, 2.45) is 5.92 Å². The van der Waals surface area contributed by atoms with E-state index in [4.69, 9.17) is 0 Å². The fourth-order valence-electron chi connectivity index (χ4n) is 2.89. The molecule has 122 valence electrons. The van der Waals surface area contributed by atoms with E-state index >= 15 is 0 Å². The van der Waals surface area contributed by atoms with Gasteiger partial charge in [-0.2, -0.15) is 0 Å². The van der Waals surface area contributed by atoms with Crippen molar-refractivity contribution in [2.75, 3.05) is 18.4 Å². The van der Waals surface area contributed by atoms with Crippen molar-refractivity contribution < 1.29 is 4.92 Å². The molecule has 3 heterocycles. The van der Waals surface area contributed by atoms with Gasteiger partial charge in [-0.05, 0) is 35.8 Å². The Hall–Kier alpha value is -2.06. The van der Waals surface area contributed by atoms with Crippen LogP contribution in [0.4, 0.5) is 10.1 Å². The van der Waals surface area contributed by atoms with Gasteiger partial charge in [0.25, 0.3) is 0 Å². The lowest BCUT2D eigenvalue weighted by Gasteiger charge is -2.37. The maximum absolute atomic E-state index is 10.7. The van der Waals surface area contributed by atoms with Gasteiger partial charge < -0.3 is 5.32 Å². The fourth-order valence-corrected chi connectivity index (χ4v) is 3.58. The Bertz CT molecular complexity index is 663. The Morgan fingerprint density at radius 3 is 3.00 bits per heavy atom. The number of hydrogen-bond acceptors (Lipinski definition) is 7. The molecule has 2 atom stereocenters. The predicted molar refractivity (Wildman–Crippen MR) is 89.5 cm³/mol. The van der Waals surface area contributed by atoms with Crippen LogP contribution in [0.25, 0.3) is 0 Å². The summed E-state index contributed by atoms with van der Waals surface area (Å²) in [4.78, 5) is 21.2. The van der Waals surface area contributed by atoms with Gasteiger partial charge in [-0.15, -0.1) is 0 Å². The smallest absolute Gasteiger partial charge is 0.345 e. The number of pyridine rings is 1. The quantitative estimate of drug-likeness (QED) is 0.669. The second-order valence-corrected chi connectivity index (χ2v) is 6.84. The highest BCUT2D eigenvalue weighted by atomic mass is 32.1. The van der Waals surface area contributed by atoms with Gasteiger partial charge in [-0.3, -0.25) is 20.0 Å². The molecular weight excluding hydrogens is 314 g/mol. The van der Waals surface area contributed by atoms with E-state index in [1.807, 2.05) is 24.4 Å². The highest BCUT2D eigenvalue weighted by Gasteiger charge is 2.27. The summed E-state index contributed by atoms with van der Waals surface area (Å²) in [7, 11) is 0. The average molecular weight is 333 g/mol. The van der Waals surface area contributed by atoms with E-state index in [-0.39, 0.29) is 5.00 Å². The van der Waals surface area contributed by atoms with Crippen molar-refractivity contribution in [3.63, 3.8) is 0 Å². The highest BCUT2D eigenvalue weighted by molar-refractivity contribution is 7.18. The summed E-state index contributed by atoms with van der Waals surface area (Å²) < 4.78 is 0. The first-order chi connectivity index (χ1) is 11.1. The third-order valence-electron chi connectivity index (χ3n) is 4.08. The average Bonchev–Trinajstić information content (AvgIpc) is 3.00. The third kappa shape index (κ3) is 4.02. The first-order valence-corrected chi connectivity index (χ1v) is 8.42. The summed E-state index contributed by atoms with van der Waals surface area (Å²) in [5, 5.41) is 14.8. The Morgan fingerprint density at radius 2 is 2.35 bits per heavy atom. The number of nitrogens with zero attached hydrogens (tertiary/aromatic N) is 4. The minimum absolute atomic E-state index is 0.0766. The van der Waals surface area contributed by atoms with Crippen LogP contribution in [0, 0.1) is 16.0 Å². The summed E-state index contributed by atoms with van der Waals surface area (Å²) in [6.07, 6.45) is 4.12. The Labute approximate surface area is 138 Å². The first-order valence-electron chi connectivity index (χ1n) is 7.61. The Balaban J connectivity index is 1.55. The number of piperidine rings is 1. The zero-order valence-electron chi connectivity index (χ0n) is 12.9. The number of nitro groups is 1. The van der Waals surface area contributed by atoms with Gasteiger partial charge in [-0.1, -0.05) is 13.0 Å². The number of hydrogen-bond donors (Lipinski definition) is 1. The molecule has 23 heavy (non-hydrogen) atoms. The minimum atomic E-state index is -0.401. The molecule has 0 amide bonds. The SMILES string of the molecule is CC1CN(Cc2ccccn2)CCC1Nc1ncc([N+](=O)[O-])s1. The molecule has 2 unspecified atom stereocenters. The van der Waals surface area contributed by atoms with E-state index in [9.17, 15) is 10.1 Å². The molecule has 1 saturated heterocycles. The molecule has 1 N–H and O–H groups in total. The van der Waals surface area contributed by atoms with E-state index in [1.54, 1.807) is 0 Å². The number of rotatable bonds is 5. The molecular formula is C15H19N5O2S. The van der Waals surface area contributed by atoms with Crippen molar-refractivity contribution >= 4 is 21.5 Å². The van der Waals surface area contributed by atoms with Crippen LogP contribution < -0.4 is 5.32 Å². The number of aromatic nitrogens is 2. The van der Waals surface area contributed by atoms with Crippen LogP contribution in [0.2, 0.25) is 0 Å². The van der Waals surface area contributed by atoms with E-state index in [1.165, 1.54) is 6.20 Å². The maximum atomic E-state index is 10.7. The van der Waals surface area contributed by atoms with E-state index < -0.39 is 4.92 Å². The molecule has 7 nitrogen and oxygen atoms in total. The van der Waals surface area contributed by atoms with Crippen LogP contribution in [0.15, 0.2) is 30.6 Å². The molecule has 0 bridgehead atoms. The van der Waals surface area contributed by atoms with Gasteiger partial charge in [0.2, 0.25) is 0 Å². The maximum Gasteiger partial charge on any atom is 0.345 e. The highest BCUT2D eigenvalue weighted by Crippen LogP contribution is 2.28. The van der Waals surface area contributed by atoms with E-state index in [0.29, 0.717) is 17.1 Å². The fraction of sp³-hybridized carbons (Fsp3) is 0.467. The first kappa shape index (κ1) is 15.8. The van der Waals surface area contributed by atoms with Crippen LogP contribution in [0.1, 0.15) is 19.0 Å². The summed E-state index contributed by atoms with van der Waals surface area (Å²) in [5.41, 5.74) is 1.08. The lowest BCUT2D eigenvalue weighted by atomic mass is 9.94. The normalized spacial score (nSPS) is 22.0. The lowest BCUT2D eigenvalue weighted by Crippen LogP contribution is -2.44. The van der Waals surface area contributed by atoms with Crippen molar-refractivity contribution in [1.82, 2.24) is 14.9 Å². The molecule has 1 fully saturated rings. The summed E-state index contributed by atoms with van der Waals surface area (Å²) in [5.74, 6) is 0.440. The van der Waals surface area contributed by atoms with Crippen LogP contribution in [-0.2, 0) is 6.54 Å². The summed E-state index contributed by atoms with van der Waals surface area (Å²) in [6.45, 7) is 5.01. The summed E-state index contributed by atoms with van der Waals surface area (Å²) >= 11 is 1.10. The molecule has 8 heteroatoms. The summed E-state index contributed by atoms with van der Waals surface area (Å²) in [6, 6.07) is 6.27. The van der Waals surface area contributed by atoms with Gasteiger partial charge in [0.1, 0.15) is 6.20 Å². The number of anilines is 1. The molecule has 0 spiro atoms. The molecule has 3 rings (SSSR count). The Kier molecular flexibility index (Phi) is 4.82. The largest absolute Gasteiger partial charge is 0.358 e. The molecule has 1 aliphatic heterocycles. The van der Waals surface area contributed by atoms with Crippen LogP contribution in [-0.4, -0.2) is 38.9 Å². The van der Waals surface area contributed by atoms with Crippen LogP contribution in [0.5, 0.6) is 0 Å². The number of likely N-dealkylation sites (tertiary alicyclic amines) is 1. The molecule has 1 aliphatic rings. The van der Waals surface area contributed by atoms with Gasteiger partial charge in [0, 0.05) is 31.9 Å².